The Balaban J connectivity index is 2.28. The summed E-state index contributed by atoms with van der Waals surface area (Å²) in [4.78, 5) is 1.14. The Hall–Kier alpha value is -1.16. The minimum absolute atomic E-state index is 0.0691. The van der Waals surface area contributed by atoms with E-state index in [0.717, 1.165) is 27.7 Å². The zero-order valence-corrected chi connectivity index (χ0v) is 13.8. The number of hydrogen-bond donors (Lipinski definition) is 1. The molecule has 0 fully saturated rings. The van der Waals surface area contributed by atoms with Crippen LogP contribution in [0.15, 0.2) is 53.4 Å². The molecule has 2 rings (SSSR count). The van der Waals surface area contributed by atoms with Crippen molar-refractivity contribution < 1.29 is 4.74 Å². The van der Waals surface area contributed by atoms with Crippen LogP contribution in [-0.4, -0.2) is 13.2 Å². The average Bonchev–Trinajstić information content (AvgIpc) is 2.52. The van der Waals surface area contributed by atoms with E-state index in [1.54, 1.807) is 18.9 Å². The van der Waals surface area contributed by atoms with E-state index in [-0.39, 0.29) is 11.3 Å². The normalized spacial score (nSPS) is 13.7. The average molecular weight is 322 g/mol. The molecule has 2 unspecified atom stereocenters. The van der Waals surface area contributed by atoms with Crippen LogP contribution in [0.5, 0.6) is 5.75 Å². The standard InChI is InChI=1S/C17H20ClNOS/c1-3-16(19)17(12-6-4-7-13(18)10-12)21-15-9-5-8-14(11-15)20-2/h4-11,16-17H,3,19H2,1-2H3. The number of halogens is 1. The molecule has 2 nitrogen and oxygen atoms in total. The third-order valence-electron chi connectivity index (χ3n) is 3.34. The molecule has 4 heteroatoms. The fourth-order valence-electron chi connectivity index (χ4n) is 2.12. The summed E-state index contributed by atoms with van der Waals surface area (Å²) < 4.78 is 5.28. The fraction of sp³-hybridized carbons (Fsp3) is 0.294. The first kappa shape index (κ1) is 16.2. The highest BCUT2D eigenvalue weighted by Gasteiger charge is 2.20. The van der Waals surface area contributed by atoms with Crippen LogP contribution in [0.4, 0.5) is 0 Å². The van der Waals surface area contributed by atoms with Crippen LogP contribution in [-0.2, 0) is 0 Å². The lowest BCUT2D eigenvalue weighted by Gasteiger charge is -2.23. The van der Waals surface area contributed by atoms with Gasteiger partial charge in [0.15, 0.2) is 0 Å². The van der Waals surface area contributed by atoms with Crippen LogP contribution in [0.2, 0.25) is 5.02 Å². The number of ether oxygens (including phenoxy) is 1. The van der Waals surface area contributed by atoms with Gasteiger partial charge < -0.3 is 10.5 Å². The van der Waals surface area contributed by atoms with E-state index in [0.29, 0.717) is 0 Å². The van der Waals surface area contributed by atoms with Crippen LogP contribution >= 0.6 is 23.4 Å². The van der Waals surface area contributed by atoms with Gasteiger partial charge in [0.25, 0.3) is 0 Å². The zero-order valence-electron chi connectivity index (χ0n) is 12.3. The van der Waals surface area contributed by atoms with Crippen LogP contribution in [0, 0.1) is 0 Å². The van der Waals surface area contributed by atoms with Crippen molar-refractivity contribution in [2.24, 2.45) is 5.73 Å². The van der Waals surface area contributed by atoms with Crippen LogP contribution in [0.3, 0.4) is 0 Å². The van der Waals surface area contributed by atoms with Crippen molar-refractivity contribution in [1.29, 1.82) is 0 Å². The third kappa shape index (κ3) is 4.40. The molecule has 0 aliphatic carbocycles. The van der Waals surface area contributed by atoms with Gasteiger partial charge >= 0.3 is 0 Å². The second-order valence-corrected chi connectivity index (χ2v) is 6.50. The Labute approximate surface area is 135 Å². The van der Waals surface area contributed by atoms with Crippen molar-refractivity contribution in [3.05, 3.63) is 59.1 Å². The molecule has 0 heterocycles. The molecular formula is C17H20ClNOS. The van der Waals surface area contributed by atoms with Gasteiger partial charge in [0.05, 0.1) is 7.11 Å². The lowest BCUT2D eigenvalue weighted by molar-refractivity contribution is 0.413. The van der Waals surface area contributed by atoms with Gasteiger partial charge in [-0.25, -0.2) is 0 Å². The second kappa shape index (κ2) is 7.74. The van der Waals surface area contributed by atoms with Crippen molar-refractivity contribution in [2.75, 3.05) is 7.11 Å². The highest BCUT2D eigenvalue weighted by atomic mass is 35.5. The number of thioether (sulfide) groups is 1. The summed E-state index contributed by atoms with van der Waals surface area (Å²) in [5.74, 6) is 0.856. The van der Waals surface area contributed by atoms with Gasteiger partial charge in [0.1, 0.15) is 5.75 Å². The Morgan fingerprint density at radius 1 is 1.19 bits per heavy atom. The summed E-state index contributed by atoms with van der Waals surface area (Å²) >= 11 is 7.87. The second-order valence-electron chi connectivity index (χ2n) is 4.84. The van der Waals surface area contributed by atoms with Crippen molar-refractivity contribution in [3.63, 3.8) is 0 Å². The van der Waals surface area contributed by atoms with E-state index < -0.39 is 0 Å². The van der Waals surface area contributed by atoms with Crippen LogP contribution in [0.25, 0.3) is 0 Å². The van der Waals surface area contributed by atoms with Crippen LogP contribution in [0.1, 0.15) is 24.2 Å². The maximum Gasteiger partial charge on any atom is 0.119 e. The molecule has 0 amide bonds. The van der Waals surface area contributed by atoms with E-state index >= 15 is 0 Å². The molecule has 0 aromatic heterocycles. The molecule has 112 valence electrons. The SMILES string of the molecule is CCC(N)C(Sc1cccc(OC)c1)c1cccc(Cl)c1. The van der Waals surface area contributed by atoms with Gasteiger partial charge in [0, 0.05) is 21.2 Å². The van der Waals surface area contributed by atoms with E-state index in [1.807, 2.05) is 36.4 Å². The Morgan fingerprint density at radius 3 is 2.62 bits per heavy atom. The quantitative estimate of drug-likeness (QED) is 0.767. The summed E-state index contributed by atoms with van der Waals surface area (Å²) in [6.45, 7) is 2.11. The molecule has 21 heavy (non-hydrogen) atoms. The lowest BCUT2D eigenvalue weighted by atomic mass is 10.0. The predicted molar refractivity (Wildman–Crippen MR) is 91.3 cm³/mol. The highest BCUT2D eigenvalue weighted by Crippen LogP contribution is 2.39. The zero-order chi connectivity index (χ0) is 15.2. The molecular weight excluding hydrogens is 302 g/mol. The topological polar surface area (TPSA) is 35.2 Å². The van der Waals surface area contributed by atoms with Gasteiger partial charge in [-0.3, -0.25) is 0 Å². The van der Waals surface area contributed by atoms with E-state index in [4.69, 9.17) is 22.1 Å². The van der Waals surface area contributed by atoms with Crippen molar-refractivity contribution in [3.8, 4) is 5.75 Å². The molecule has 0 bridgehead atoms. The Kier molecular flexibility index (Phi) is 5.97. The van der Waals surface area contributed by atoms with Gasteiger partial charge in [-0.05, 0) is 42.3 Å². The molecule has 2 aromatic carbocycles. The molecule has 0 aliphatic rings. The van der Waals surface area contributed by atoms with Gasteiger partial charge in [0.2, 0.25) is 0 Å². The molecule has 2 atom stereocenters. The largest absolute Gasteiger partial charge is 0.497 e. The summed E-state index contributed by atoms with van der Waals surface area (Å²) in [7, 11) is 1.68. The smallest absolute Gasteiger partial charge is 0.119 e. The van der Waals surface area contributed by atoms with Crippen LogP contribution < -0.4 is 10.5 Å². The van der Waals surface area contributed by atoms with Crippen molar-refractivity contribution in [2.45, 2.75) is 29.5 Å². The molecule has 2 aromatic rings. The number of rotatable bonds is 6. The first-order chi connectivity index (χ1) is 10.1. The van der Waals surface area contributed by atoms with Crippen molar-refractivity contribution >= 4 is 23.4 Å². The highest BCUT2D eigenvalue weighted by molar-refractivity contribution is 7.99. The first-order valence-electron chi connectivity index (χ1n) is 6.95. The number of methoxy groups -OCH3 is 1. The summed E-state index contributed by atoms with van der Waals surface area (Å²) in [6, 6.07) is 16.0. The Bertz CT molecular complexity index is 591. The Morgan fingerprint density at radius 2 is 1.95 bits per heavy atom. The van der Waals surface area contributed by atoms with E-state index in [1.165, 1.54) is 0 Å². The van der Waals surface area contributed by atoms with Gasteiger partial charge in [-0.1, -0.05) is 36.7 Å². The molecule has 0 spiro atoms. The van der Waals surface area contributed by atoms with Crippen molar-refractivity contribution in [1.82, 2.24) is 0 Å². The maximum atomic E-state index is 6.32. The van der Waals surface area contributed by atoms with E-state index in [2.05, 4.69) is 19.1 Å². The third-order valence-corrected chi connectivity index (χ3v) is 4.98. The molecule has 2 N–H and O–H groups in total. The predicted octanol–water partition coefficient (Wildman–Crippen LogP) is 4.92. The minimum Gasteiger partial charge on any atom is -0.497 e. The molecule has 0 radical (unpaired) electrons. The van der Waals surface area contributed by atoms with E-state index in [9.17, 15) is 0 Å². The van der Waals surface area contributed by atoms with Gasteiger partial charge in [-0.2, -0.15) is 0 Å². The number of benzene rings is 2. The fourth-order valence-corrected chi connectivity index (χ4v) is 3.60. The maximum absolute atomic E-state index is 6.32. The lowest BCUT2D eigenvalue weighted by Crippen LogP contribution is -2.25. The molecule has 0 aliphatic heterocycles. The minimum atomic E-state index is 0.0691. The monoisotopic (exact) mass is 321 g/mol. The first-order valence-corrected chi connectivity index (χ1v) is 8.21. The summed E-state index contributed by atoms with van der Waals surface area (Å²) in [5.41, 5.74) is 7.48. The van der Waals surface area contributed by atoms with Gasteiger partial charge in [-0.15, -0.1) is 11.8 Å². The molecule has 0 saturated carbocycles. The number of hydrogen-bond acceptors (Lipinski definition) is 3. The summed E-state index contributed by atoms with van der Waals surface area (Å²) in [6.07, 6.45) is 0.911. The number of nitrogens with two attached hydrogens (primary N) is 1. The molecule has 0 saturated heterocycles. The summed E-state index contributed by atoms with van der Waals surface area (Å²) in [5, 5.41) is 0.910.